The third-order valence-corrected chi connectivity index (χ3v) is 4.25. The van der Waals surface area contributed by atoms with Gasteiger partial charge in [-0.15, -0.1) is 0 Å². The molecule has 104 valence electrons. The number of benzene rings is 1. The van der Waals surface area contributed by atoms with E-state index >= 15 is 0 Å². The summed E-state index contributed by atoms with van der Waals surface area (Å²) in [5.41, 5.74) is 1.12. The summed E-state index contributed by atoms with van der Waals surface area (Å²) in [4.78, 5) is 12.3. The maximum Gasteiger partial charge on any atom is 0.227 e. The number of carbonyl (C=O) groups is 1. The minimum atomic E-state index is -0.0878. The Kier molecular flexibility index (Phi) is 4.86. The van der Waals surface area contributed by atoms with Crippen molar-refractivity contribution in [2.24, 2.45) is 11.8 Å². The SMILES string of the molecule is CC(C)C(CBr)NC(=O)C1COc2ccccc2C1. The molecule has 1 aromatic rings. The molecule has 0 aromatic heterocycles. The first-order chi connectivity index (χ1) is 9.11. The number of rotatable bonds is 4. The highest BCUT2D eigenvalue weighted by Crippen LogP contribution is 2.27. The van der Waals surface area contributed by atoms with Crippen molar-refractivity contribution in [2.45, 2.75) is 26.3 Å². The predicted octanol–water partition coefficient (Wildman–Crippen LogP) is 2.77. The lowest BCUT2D eigenvalue weighted by Gasteiger charge is -2.27. The summed E-state index contributed by atoms with van der Waals surface area (Å²) >= 11 is 3.45. The number of amides is 1. The molecule has 1 heterocycles. The minimum absolute atomic E-state index is 0.0878. The van der Waals surface area contributed by atoms with E-state index in [4.69, 9.17) is 4.74 Å². The first kappa shape index (κ1) is 14.4. The second-order valence-electron chi connectivity index (χ2n) is 5.33. The van der Waals surface area contributed by atoms with Gasteiger partial charge >= 0.3 is 0 Å². The maximum absolute atomic E-state index is 12.3. The molecule has 2 unspecified atom stereocenters. The third kappa shape index (κ3) is 3.50. The fraction of sp³-hybridized carbons (Fsp3) is 0.533. The Morgan fingerprint density at radius 3 is 2.89 bits per heavy atom. The van der Waals surface area contributed by atoms with E-state index in [9.17, 15) is 4.79 Å². The predicted molar refractivity (Wildman–Crippen MR) is 79.7 cm³/mol. The lowest BCUT2D eigenvalue weighted by Crippen LogP contribution is -2.45. The quantitative estimate of drug-likeness (QED) is 0.864. The van der Waals surface area contributed by atoms with Gasteiger partial charge in [0.1, 0.15) is 12.4 Å². The van der Waals surface area contributed by atoms with Crippen molar-refractivity contribution in [2.75, 3.05) is 11.9 Å². The molecule has 0 spiro atoms. The summed E-state index contributed by atoms with van der Waals surface area (Å²) in [7, 11) is 0. The van der Waals surface area contributed by atoms with E-state index < -0.39 is 0 Å². The molecule has 1 N–H and O–H groups in total. The summed E-state index contributed by atoms with van der Waals surface area (Å²) in [6.07, 6.45) is 0.759. The van der Waals surface area contributed by atoms with Crippen LogP contribution in [0.5, 0.6) is 5.75 Å². The van der Waals surface area contributed by atoms with Crippen LogP contribution in [0, 0.1) is 11.8 Å². The molecule has 4 heteroatoms. The Hall–Kier alpha value is -1.03. The average molecular weight is 326 g/mol. The molecular weight excluding hydrogens is 306 g/mol. The van der Waals surface area contributed by atoms with Crippen LogP contribution in [-0.4, -0.2) is 23.9 Å². The van der Waals surface area contributed by atoms with E-state index in [1.54, 1.807) is 0 Å². The summed E-state index contributed by atoms with van der Waals surface area (Å²) < 4.78 is 5.66. The second kappa shape index (κ2) is 6.42. The van der Waals surface area contributed by atoms with Crippen LogP contribution < -0.4 is 10.1 Å². The van der Waals surface area contributed by atoms with Crippen LogP contribution in [0.15, 0.2) is 24.3 Å². The summed E-state index contributed by atoms with van der Waals surface area (Å²) in [5.74, 6) is 1.33. The van der Waals surface area contributed by atoms with Crippen molar-refractivity contribution in [3.63, 3.8) is 0 Å². The van der Waals surface area contributed by atoms with Gasteiger partial charge in [0.15, 0.2) is 0 Å². The highest BCUT2D eigenvalue weighted by molar-refractivity contribution is 9.09. The fourth-order valence-corrected chi connectivity index (χ4v) is 3.09. The number of hydrogen-bond donors (Lipinski definition) is 1. The normalized spacial score (nSPS) is 19.5. The number of ether oxygens (including phenoxy) is 1. The molecular formula is C15H20BrNO2. The Bertz CT molecular complexity index is 448. The van der Waals surface area contributed by atoms with Crippen LogP contribution in [0.4, 0.5) is 0 Å². The molecule has 19 heavy (non-hydrogen) atoms. The van der Waals surface area contributed by atoms with E-state index in [2.05, 4.69) is 35.1 Å². The van der Waals surface area contributed by atoms with Gasteiger partial charge in [-0.1, -0.05) is 48.0 Å². The van der Waals surface area contributed by atoms with Gasteiger partial charge in [0, 0.05) is 11.4 Å². The first-order valence-electron chi connectivity index (χ1n) is 6.69. The van der Waals surface area contributed by atoms with Crippen molar-refractivity contribution in [3.8, 4) is 5.75 Å². The monoisotopic (exact) mass is 325 g/mol. The van der Waals surface area contributed by atoms with Gasteiger partial charge in [0.05, 0.1) is 5.92 Å². The average Bonchev–Trinajstić information content (AvgIpc) is 2.43. The maximum atomic E-state index is 12.3. The number of halogens is 1. The highest BCUT2D eigenvalue weighted by Gasteiger charge is 2.27. The molecule has 3 nitrogen and oxygen atoms in total. The molecule has 0 bridgehead atoms. The molecule has 0 aliphatic carbocycles. The van der Waals surface area contributed by atoms with E-state index in [-0.39, 0.29) is 17.9 Å². The fourth-order valence-electron chi connectivity index (χ4n) is 2.18. The summed E-state index contributed by atoms with van der Waals surface area (Å²) in [6.45, 7) is 4.69. The second-order valence-corrected chi connectivity index (χ2v) is 5.98. The van der Waals surface area contributed by atoms with Crippen LogP contribution >= 0.6 is 15.9 Å². The van der Waals surface area contributed by atoms with Gasteiger partial charge in [-0.05, 0) is 24.0 Å². The van der Waals surface area contributed by atoms with E-state index in [0.29, 0.717) is 12.5 Å². The molecule has 2 rings (SSSR count). The van der Waals surface area contributed by atoms with Crippen LogP contribution in [-0.2, 0) is 11.2 Å². The largest absolute Gasteiger partial charge is 0.492 e. The summed E-state index contributed by atoms with van der Waals surface area (Å²) in [5, 5.41) is 3.88. The number of carbonyl (C=O) groups excluding carboxylic acids is 1. The van der Waals surface area contributed by atoms with Gasteiger partial charge in [0.25, 0.3) is 0 Å². The van der Waals surface area contributed by atoms with Crippen LogP contribution in [0.1, 0.15) is 19.4 Å². The lowest BCUT2D eigenvalue weighted by atomic mass is 9.95. The number of hydrogen-bond acceptors (Lipinski definition) is 2. The van der Waals surface area contributed by atoms with Crippen LogP contribution in [0.25, 0.3) is 0 Å². The smallest absolute Gasteiger partial charge is 0.227 e. The number of para-hydroxylation sites is 1. The van der Waals surface area contributed by atoms with Crippen molar-refractivity contribution < 1.29 is 9.53 Å². The zero-order valence-electron chi connectivity index (χ0n) is 11.4. The Balaban J connectivity index is 1.99. The van der Waals surface area contributed by atoms with Crippen molar-refractivity contribution in [1.29, 1.82) is 0 Å². The zero-order chi connectivity index (χ0) is 13.8. The topological polar surface area (TPSA) is 38.3 Å². The molecule has 1 amide bonds. The molecule has 1 aliphatic heterocycles. The molecule has 1 aliphatic rings. The zero-order valence-corrected chi connectivity index (χ0v) is 12.9. The third-order valence-electron chi connectivity index (χ3n) is 3.55. The van der Waals surface area contributed by atoms with Crippen molar-refractivity contribution in [3.05, 3.63) is 29.8 Å². The Labute approximate surface area is 122 Å². The van der Waals surface area contributed by atoms with Crippen LogP contribution in [0.2, 0.25) is 0 Å². The standard InChI is InChI=1S/C15H20BrNO2/c1-10(2)13(8-16)17-15(18)12-7-11-5-3-4-6-14(11)19-9-12/h3-6,10,12-13H,7-9H2,1-2H3,(H,17,18). The number of fused-ring (bicyclic) bond motifs is 1. The number of alkyl halides is 1. The highest BCUT2D eigenvalue weighted by atomic mass is 79.9. The van der Waals surface area contributed by atoms with Crippen molar-refractivity contribution in [1.82, 2.24) is 5.32 Å². The minimum Gasteiger partial charge on any atom is -0.492 e. The molecule has 0 fully saturated rings. The molecule has 2 atom stereocenters. The summed E-state index contributed by atoms with van der Waals surface area (Å²) in [6, 6.07) is 8.10. The van der Waals surface area contributed by atoms with E-state index in [1.807, 2.05) is 24.3 Å². The first-order valence-corrected chi connectivity index (χ1v) is 7.81. The Morgan fingerprint density at radius 2 is 2.21 bits per heavy atom. The van der Waals surface area contributed by atoms with Gasteiger partial charge in [-0.2, -0.15) is 0 Å². The van der Waals surface area contributed by atoms with Crippen LogP contribution in [0.3, 0.4) is 0 Å². The molecule has 0 radical (unpaired) electrons. The van der Waals surface area contributed by atoms with E-state index in [0.717, 1.165) is 23.1 Å². The van der Waals surface area contributed by atoms with Gasteiger partial charge in [-0.25, -0.2) is 0 Å². The lowest BCUT2D eigenvalue weighted by molar-refractivity contribution is -0.127. The Morgan fingerprint density at radius 1 is 1.47 bits per heavy atom. The molecule has 0 saturated heterocycles. The van der Waals surface area contributed by atoms with E-state index in [1.165, 1.54) is 0 Å². The van der Waals surface area contributed by atoms with Gasteiger partial charge < -0.3 is 10.1 Å². The van der Waals surface area contributed by atoms with Gasteiger partial charge in [-0.3, -0.25) is 4.79 Å². The molecule has 1 aromatic carbocycles. The van der Waals surface area contributed by atoms with Gasteiger partial charge in [0.2, 0.25) is 5.91 Å². The van der Waals surface area contributed by atoms with Crippen molar-refractivity contribution >= 4 is 21.8 Å². The molecule has 0 saturated carbocycles. The number of nitrogens with one attached hydrogen (secondary N) is 1.